The number of nitrogens with two attached hydrogens (primary N) is 1. The molecule has 1 unspecified atom stereocenters. The summed E-state index contributed by atoms with van der Waals surface area (Å²) in [5.41, 5.74) is 8.02. The van der Waals surface area contributed by atoms with Crippen LogP contribution < -0.4 is 10.6 Å². The van der Waals surface area contributed by atoms with Crippen LogP contribution in [0.3, 0.4) is 0 Å². The SMILES string of the molecule is N#Cc1ccc2c(c1)N(Cc1cccs1)C(=O)C2N. The van der Waals surface area contributed by atoms with Crippen molar-refractivity contribution in [2.75, 3.05) is 4.90 Å². The Bertz CT molecular complexity index is 672. The average molecular weight is 269 g/mol. The summed E-state index contributed by atoms with van der Waals surface area (Å²) in [4.78, 5) is 15.0. The second kappa shape index (κ2) is 4.50. The summed E-state index contributed by atoms with van der Waals surface area (Å²) in [6, 6.07) is 10.6. The smallest absolute Gasteiger partial charge is 0.248 e. The van der Waals surface area contributed by atoms with E-state index in [1.807, 2.05) is 17.5 Å². The second-order valence-electron chi connectivity index (χ2n) is 4.37. The number of amides is 1. The normalized spacial score (nSPS) is 17.4. The van der Waals surface area contributed by atoms with E-state index in [0.717, 1.165) is 16.1 Å². The number of carbonyl (C=O) groups excluding carboxylic acids is 1. The molecule has 5 heteroatoms. The Morgan fingerprint density at radius 2 is 2.26 bits per heavy atom. The zero-order chi connectivity index (χ0) is 13.4. The fraction of sp³-hybridized carbons (Fsp3) is 0.143. The molecule has 1 amide bonds. The third kappa shape index (κ3) is 1.91. The van der Waals surface area contributed by atoms with E-state index < -0.39 is 6.04 Å². The van der Waals surface area contributed by atoms with Crippen LogP contribution in [0.1, 0.15) is 22.0 Å². The van der Waals surface area contributed by atoms with E-state index in [2.05, 4.69) is 6.07 Å². The number of anilines is 1. The van der Waals surface area contributed by atoms with Crippen molar-refractivity contribution in [3.8, 4) is 6.07 Å². The van der Waals surface area contributed by atoms with Gasteiger partial charge in [0.25, 0.3) is 0 Å². The van der Waals surface area contributed by atoms with Crippen LogP contribution in [0.5, 0.6) is 0 Å². The Kier molecular flexibility index (Phi) is 2.82. The molecule has 1 atom stereocenters. The average Bonchev–Trinajstić information content (AvgIpc) is 3.02. The van der Waals surface area contributed by atoms with E-state index in [-0.39, 0.29) is 5.91 Å². The lowest BCUT2D eigenvalue weighted by molar-refractivity contribution is -0.119. The number of carbonyl (C=O) groups is 1. The predicted octanol–water partition coefficient (Wildman–Crippen LogP) is 2.17. The number of fused-ring (bicyclic) bond motifs is 1. The van der Waals surface area contributed by atoms with E-state index in [1.165, 1.54) is 0 Å². The minimum atomic E-state index is -0.622. The van der Waals surface area contributed by atoms with Gasteiger partial charge < -0.3 is 10.6 Å². The third-order valence-corrected chi connectivity index (χ3v) is 4.07. The number of hydrogen-bond acceptors (Lipinski definition) is 4. The molecule has 0 radical (unpaired) electrons. The zero-order valence-corrected chi connectivity index (χ0v) is 10.9. The van der Waals surface area contributed by atoms with Gasteiger partial charge in [-0.05, 0) is 23.6 Å². The Morgan fingerprint density at radius 1 is 1.42 bits per heavy atom. The molecular formula is C14H11N3OS. The van der Waals surface area contributed by atoms with Gasteiger partial charge in [-0.2, -0.15) is 5.26 Å². The minimum Gasteiger partial charge on any atom is -0.316 e. The summed E-state index contributed by atoms with van der Waals surface area (Å²) >= 11 is 1.60. The second-order valence-corrected chi connectivity index (χ2v) is 5.40. The molecule has 0 fully saturated rings. The lowest BCUT2D eigenvalue weighted by Gasteiger charge is -2.16. The lowest BCUT2D eigenvalue weighted by Crippen LogP contribution is -2.30. The minimum absolute atomic E-state index is 0.113. The van der Waals surface area contributed by atoms with Gasteiger partial charge in [-0.3, -0.25) is 4.79 Å². The summed E-state index contributed by atoms with van der Waals surface area (Å²) in [5.74, 6) is -0.113. The number of nitriles is 1. The lowest BCUT2D eigenvalue weighted by atomic mass is 10.1. The summed E-state index contributed by atoms with van der Waals surface area (Å²) in [5, 5.41) is 10.9. The molecule has 0 bridgehead atoms. The monoisotopic (exact) mass is 269 g/mol. The van der Waals surface area contributed by atoms with E-state index in [9.17, 15) is 4.79 Å². The third-order valence-electron chi connectivity index (χ3n) is 3.21. The highest BCUT2D eigenvalue weighted by atomic mass is 32.1. The molecule has 2 heterocycles. The topological polar surface area (TPSA) is 70.1 Å². The van der Waals surface area contributed by atoms with Gasteiger partial charge in [0.2, 0.25) is 5.91 Å². The van der Waals surface area contributed by atoms with Gasteiger partial charge in [0.1, 0.15) is 6.04 Å². The van der Waals surface area contributed by atoms with Crippen LogP contribution >= 0.6 is 11.3 Å². The number of hydrogen-bond donors (Lipinski definition) is 1. The summed E-state index contributed by atoms with van der Waals surface area (Å²) in [6.45, 7) is 0.506. The predicted molar refractivity (Wildman–Crippen MR) is 73.6 cm³/mol. The van der Waals surface area contributed by atoms with E-state index >= 15 is 0 Å². The number of benzene rings is 1. The van der Waals surface area contributed by atoms with Crippen molar-refractivity contribution in [3.05, 3.63) is 51.7 Å². The van der Waals surface area contributed by atoms with Crippen molar-refractivity contribution in [1.82, 2.24) is 0 Å². The van der Waals surface area contributed by atoms with Gasteiger partial charge in [-0.15, -0.1) is 11.3 Å². The van der Waals surface area contributed by atoms with Crippen LogP contribution in [0.25, 0.3) is 0 Å². The van der Waals surface area contributed by atoms with Crippen LogP contribution in [0.2, 0.25) is 0 Å². The first-order chi connectivity index (χ1) is 9.20. The first kappa shape index (κ1) is 11.9. The molecule has 0 saturated heterocycles. The van der Waals surface area contributed by atoms with Gasteiger partial charge in [-0.25, -0.2) is 0 Å². The van der Waals surface area contributed by atoms with Crippen molar-refractivity contribution in [3.63, 3.8) is 0 Å². The van der Waals surface area contributed by atoms with Crippen molar-refractivity contribution in [2.45, 2.75) is 12.6 Å². The molecule has 1 aliphatic heterocycles. The van der Waals surface area contributed by atoms with Gasteiger partial charge in [0.15, 0.2) is 0 Å². The maximum absolute atomic E-state index is 12.2. The highest BCUT2D eigenvalue weighted by Crippen LogP contribution is 2.36. The molecule has 0 aliphatic carbocycles. The highest BCUT2D eigenvalue weighted by molar-refractivity contribution is 7.09. The maximum atomic E-state index is 12.2. The van der Waals surface area contributed by atoms with Crippen molar-refractivity contribution >= 4 is 22.9 Å². The molecular weight excluding hydrogens is 258 g/mol. The zero-order valence-electron chi connectivity index (χ0n) is 10.0. The Balaban J connectivity index is 2.03. The van der Waals surface area contributed by atoms with Crippen LogP contribution in [0, 0.1) is 11.3 Å². The fourth-order valence-corrected chi connectivity index (χ4v) is 2.94. The van der Waals surface area contributed by atoms with Gasteiger partial charge in [0.05, 0.1) is 23.9 Å². The molecule has 94 valence electrons. The molecule has 2 N–H and O–H groups in total. The van der Waals surface area contributed by atoms with E-state index in [4.69, 9.17) is 11.0 Å². The molecule has 2 aromatic rings. The first-order valence-corrected chi connectivity index (χ1v) is 6.72. The van der Waals surface area contributed by atoms with Gasteiger partial charge >= 0.3 is 0 Å². The van der Waals surface area contributed by atoms with Crippen molar-refractivity contribution in [2.24, 2.45) is 5.73 Å². The molecule has 19 heavy (non-hydrogen) atoms. The Hall–Kier alpha value is -2.16. The summed E-state index contributed by atoms with van der Waals surface area (Å²) < 4.78 is 0. The molecule has 4 nitrogen and oxygen atoms in total. The number of thiophene rings is 1. The quantitative estimate of drug-likeness (QED) is 0.908. The molecule has 1 aromatic carbocycles. The summed E-state index contributed by atoms with van der Waals surface area (Å²) in [6.07, 6.45) is 0. The number of nitrogens with zero attached hydrogens (tertiary/aromatic N) is 2. The Morgan fingerprint density at radius 3 is 2.95 bits per heavy atom. The van der Waals surface area contributed by atoms with Crippen LogP contribution in [0.15, 0.2) is 35.7 Å². The first-order valence-electron chi connectivity index (χ1n) is 5.84. The largest absolute Gasteiger partial charge is 0.316 e. The van der Waals surface area contributed by atoms with Crippen molar-refractivity contribution < 1.29 is 4.79 Å². The van der Waals surface area contributed by atoms with Crippen molar-refractivity contribution in [1.29, 1.82) is 5.26 Å². The molecule has 0 saturated carbocycles. The molecule has 0 spiro atoms. The van der Waals surface area contributed by atoms with E-state index in [1.54, 1.807) is 34.4 Å². The molecule has 1 aliphatic rings. The van der Waals surface area contributed by atoms with Crippen LogP contribution in [-0.2, 0) is 11.3 Å². The fourth-order valence-electron chi connectivity index (χ4n) is 2.25. The van der Waals surface area contributed by atoms with Gasteiger partial charge in [-0.1, -0.05) is 12.1 Å². The van der Waals surface area contributed by atoms with Crippen LogP contribution in [0.4, 0.5) is 5.69 Å². The Labute approximate surface area is 114 Å². The standard InChI is InChI=1S/C14H11N3OS/c15-7-9-3-4-11-12(6-9)17(14(18)13(11)16)8-10-2-1-5-19-10/h1-6,13H,8,16H2. The number of rotatable bonds is 2. The van der Waals surface area contributed by atoms with Gasteiger partial charge in [0, 0.05) is 10.4 Å². The van der Waals surface area contributed by atoms with Crippen LogP contribution in [-0.4, -0.2) is 5.91 Å². The molecule has 3 rings (SSSR count). The molecule has 1 aromatic heterocycles. The van der Waals surface area contributed by atoms with E-state index in [0.29, 0.717) is 12.1 Å². The maximum Gasteiger partial charge on any atom is 0.248 e. The highest BCUT2D eigenvalue weighted by Gasteiger charge is 2.34. The summed E-state index contributed by atoms with van der Waals surface area (Å²) in [7, 11) is 0.